The van der Waals surface area contributed by atoms with Gasteiger partial charge in [-0.1, -0.05) is 288 Å². The summed E-state index contributed by atoms with van der Waals surface area (Å²) in [5.41, 5.74) is 0. The summed E-state index contributed by atoms with van der Waals surface area (Å²) in [7, 11) is 5.93. The maximum Gasteiger partial charge on any atom is 0.306 e. The van der Waals surface area contributed by atoms with Crippen LogP contribution in [0.4, 0.5) is 0 Å². The number of carbonyl (C=O) groups is 3. The second kappa shape index (κ2) is 58.7. The molecule has 0 amide bonds. The summed E-state index contributed by atoms with van der Waals surface area (Å²) in [5.74, 6) is -2.26. The van der Waals surface area contributed by atoms with Crippen LogP contribution in [0.25, 0.3) is 0 Å². The summed E-state index contributed by atoms with van der Waals surface area (Å²) >= 11 is 0. The minimum Gasteiger partial charge on any atom is -0.545 e. The van der Waals surface area contributed by atoms with Crippen molar-refractivity contribution in [2.45, 2.75) is 328 Å². The van der Waals surface area contributed by atoms with Gasteiger partial charge < -0.3 is 33.3 Å². The average molecular weight is 1070 g/mol. The van der Waals surface area contributed by atoms with Crippen LogP contribution in [-0.2, 0) is 33.3 Å². The number of allylic oxidation sites excluding steroid dienone is 6. The van der Waals surface area contributed by atoms with Gasteiger partial charge in [-0.3, -0.25) is 9.59 Å². The normalized spacial score (nSPS) is 12.9. The zero-order chi connectivity index (χ0) is 55.5. The van der Waals surface area contributed by atoms with Gasteiger partial charge in [0.05, 0.1) is 40.3 Å². The molecule has 0 bridgehead atoms. The van der Waals surface area contributed by atoms with Crippen LogP contribution in [0.1, 0.15) is 316 Å². The molecule has 2 atom stereocenters. The van der Waals surface area contributed by atoms with Crippen LogP contribution in [0.5, 0.6) is 0 Å². The summed E-state index contributed by atoms with van der Waals surface area (Å²) < 4.78 is 22.7. The predicted octanol–water partition coefficient (Wildman–Crippen LogP) is 18.3. The smallest absolute Gasteiger partial charge is 0.306 e. The second-order valence-electron chi connectivity index (χ2n) is 23.4. The zero-order valence-corrected chi connectivity index (χ0v) is 50.9. The molecule has 0 aromatic rings. The molecule has 2 unspecified atom stereocenters. The number of hydrogen-bond acceptors (Lipinski definition) is 8. The molecule has 0 spiro atoms. The maximum absolute atomic E-state index is 12.9. The number of aliphatic carboxylic acids is 1. The van der Waals surface area contributed by atoms with Gasteiger partial charge in [-0.2, -0.15) is 0 Å². The maximum atomic E-state index is 12.9. The fraction of sp³-hybridized carbons (Fsp3) is 0.866. The van der Waals surface area contributed by atoms with E-state index in [1.165, 1.54) is 238 Å². The molecular weight excluding hydrogens is 947 g/mol. The van der Waals surface area contributed by atoms with Gasteiger partial charge >= 0.3 is 11.9 Å². The van der Waals surface area contributed by atoms with E-state index >= 15 is 0 Å². The number of carboxylic acid groups (broad SMARTS) is 1. The first kappa shape index (κ1) is 73.5. The monoisotopic (exact) mass is 1070 g/mol. The molecule has 0 radical (unpaired) electrons. The zero-order valence-electron chi connectivity index (χ0n) is 50.9. The van der Waals surface area contributed by atoms with Gasteiger partial charge in [-0.05, 0) is 51.4 Å². The van der Waals surface area contributed by atoms with E-state index in [1.54, 1.807) is 0 Å². The topological polar surface area (TPSA) is 111 Å². The average Bonchev–Trinajstić information content (AvgIpc) is 3.39. The first-order valence-corrected chi connectivity index (χ1v) is 32.6. The lowest BCUT2D eigenvalue weighted by Crippen LogP contribution is -2.44. The van der Waals surface area contributed by atoms with Crippen LogP contribution in [0.3, 0.4) is 0 Å². The third kappa shape index (κ3) is 59.2. The van der Waals surface area contributed by atoms with E-state index in [2.05, 4.69) is 50.3 Å². The Labute approximate surface area is 470 Å². The van der Waals surface area contributed by atoms with Crippen molar-refractivity contribution in [3.8, 4) is 0 Å². The minimum absolute atomic E-state index is 0.151. The summed E-state index contributed by atoms with van der Waals surface area (Å²) in [4.78, 5) is 37.3. The molecule has 76 heavy (non-hydrogen) atoms. The first-order chi connectivity index (χ1) is 37.1. The van der Waals surface area contributed by atoms with Crippen LogP contribution < -0.4 is 5.11 Å². The standard InChI is InChI=1S/C67H125NO8/c1-6-8-10-12-14-16-18-20-22-23-24-25-26-27-28-29-30-31-32-33-34-35-36-37-38-39-40-41-42-43-44-46-48-50-52-54-56-58-65(70)76-63(62-75-67(66(71)72)73-60-59-68(3,4)5)61-74-64(69)57-55-53-51-49-47-45-21-19-17-15-13-11-9-7-2/h18,20,23-24,26-27,63,67H,6-17,19,21-22,25,28-62H2,1-5H3/b20-18-,24-23-,27-26-. The number of nitrogens with zero attached hydrogens (tertiary/aromatic N) is 1. The SMILES string of the molecule is CCCCCCC/C=C\C/C=C\C/C=C\CCCCCCCCCCCCCCCCCCCCCCCCC(=O)OC(COC(=O)CCCCCCCCCCCCCCCC)COC(OCC[N+](C)(C)C)C(=O)[O-]. The second-order valence-corrected chi connectivity index (χ2v) is 23.4. The highest BCUT2D eigenvalue weighted by atomic mass is 16.7. The highest BCUT2D eigenvalue weighted by Gasteiger charge is 2.22. The highest BCUT2D eigenvalue weighted by Crippen LogP contribution is 2.18. The molecule has 0 saturated carbocycles. The molecule has 0 fully saturated rings. The van der Waals surface area contributed by atoms with E-state index < -0.39 is 24.3 Å². The van der Waals surface area contributed by atoms with Crippen LogP contribution in [0.15, 0.2) is 36.5 Å². The summed E-state index contributed by atoms with van der Waals surface area (Å²) in [6.07, 6.45) is 69.4. The van der Waals surface area contributed by atoms with Gasteiger partial charge in [-0.15, -0.1) is 0 Å². The lowest BCUT2D eigenvalue weighted by molar-refractivity contribution is -0.870. The van der Waals surface area contributed by atoms with E-state index in [0.29, 0.717) is 17.4 Å². The van der Waals surface area contributed by atoms with Crippen molar-refractivity contribution in [1.82, 2.24) is 0 Å². The Kier molecular flexibility index (Phi) is 56.7. The van der Waals surface area contributed by atoms with E-state index in [1.807, 2.05) is 21.1 Å². The summed E-state index contributed by atoms with van der Waals surface area (Å²) in [6.45, 7) is 4.78. The van der Waals surface area contributed by atoms with Gasteiger partial charge in [-0.25, -0.2) is 0 Å². The molecule has 0 N–H and O–H groups in total. The highest BCUT2D eigenvalue weighted by molar-refractivity contribution is 5.70. The molecular formula is C67H125NO8. The van der Waals surface area contributed by atoms with Crippen LogP contribution in [0, 0.1) is 0 Å². The number of carbonyl (C=O) groups excluding carboxylic acids is 3. The fourth-order valence-corrected chi connectivity index (χ4v) is 9.61. The minimum atomic E-state index is -1.62. The van der Waals surface area contributed by atoms with Crippen molar-refractivity contribution >= 4 is 17.9 Å². The number of esters is 2. The number of rotatable bonds is 61. The first-order valence-electron chi connectivity index (χ1n) is 32.6. The molecule has 0 aliphatic carbocycles. The molecule has 0 aromatic carbocycles. The summed E-state index contributed by atoms with van der Waals surface area (Å²) in [6, 6.07) is 0. The molecule has 0 aliphatic rings. The van der Waals surface area contributed by atoms with Crippen molar-refractivity contribution in [2.24, 2.45) is 0 Å². The van der Waals surface area contributed by atoms with Crippen molar-refractivity contribution in [2.75, 3.05) is 47.5 Å². The Balaban J connectivity index is 3.97. The van der Waals surface area contributed by atoms with Crippen molar-refractivity contribution in [3.63, 3.8) is 0 Å². The van der Waals surface area contributed by atoms with Gasteiger partial charge in [0.2, 0.25) is 0 Å². The molecule has 0 aromatic heterocycles. The number of carboxylic acids is 1. The van der Waals surface area contributed by atoms with Gasteiger partial charge in [0.15, 0.2) is 12.4 Å². The van der Waals surface area contributed by atoms with E-state index in [4.69, 9.17) is 18.9 Å². The molecule has 446 valence electrons. The number of ether oxygens (including phenoxy) is 4. The van der Waals surface area contributed by atoms with Gasteiger partial charge in [0, 0.05) is 12.8 Å². The molecule has 0 aliphatic heterocycles. The Hall–Kier alpha value is -2.49. The van der Waals surface area contributed by atoms with Crippen molar-refractivity contribution < 1.29 is 42.9 Å². The lowest BCUT2D eigenvalue weighted by Gasteiger charge is -2.26. The van der Waals surface area contributed by atoms with Crippen LogP contribution in [0.2, 0.25) is 0 Å². The number of likely N-dealkylation sites (N-methyl/N-ethyl adjacent to an activating group) is 1. The largest absolute Gasteiger partial charge is 0.545 e. The Morgan fingerprint density at radius 2 is 0.711 bits per heavy atom. The number of unbranched alkanes of at least 4 members (excludes halogenated alkanes) is 40. The molecule has 0 saturated heterocycles. The Bertz CT molecular complexity index is 1340. The van der Waals surface area contributed by atoms with E-state index in [-0.39, 0.29) is 32.2 Å². The Morgan fingerprint density at radius 3 is 1.05 bits per heavy atom. The lowest BCUT2D eigenvalue weighted by atomic mass is 10.0. The van der Waals surface area contributed by atoms with Crippen molar-refractivity contribution in [3.05, 3.63) is 36.5 Å². The van der Waals surface area contributed by atoms with Gasteiger partial charge in [0.25, 0.3) is 0 Å². The number of hydrogen-bond donors (Lipinski definition) is 0. The molecule has 0 rings (SSSR count). The van der Waals surface area contributed by atoms with Crippen LogP contribution in [-0.4, -0.2) is 82.3 Å². The number of quaternary nitrogens is 1. The third-order valence-electron chi connectivity index (χ3n) is 14.6. The molecule has 9 heteroatoms. The van der Waals surface area contributed by atoms with E-state index in [9.17, 15) is 19.5 Å². The molecule has 0 heterocycles. The fourth-order valence-electron chi connectivity index (χ4n) is 9.61. The predicted molar refractivity (Wildman–Crippen MR) is 320 cm³/mol. The summed E-state index contributed by atoms with van der Waals surface area (Å²) in [5, 5.41) is 11.8. The van der Waals surface area contributed by atoms with E-state index in [0.717, 1.165) is 51.4 Å². The van der Waals surface area contributed by atoms with Crippen LogP contribution >= 0.6 is 0 Å². The molecule has 9 nitrogen and oxygen atoms in total. The van der Waals surface area contributed by atoms with Crippen molar-refractivity contribution in [1.29, 1.82) is 0 Å². The Morgan fingerprint density at radius 1 is 0.395 bits per heavy atom. The third-order valence-corrected chi connectivity index (χ3v) is 14.6. The quantitative estimate of drug-likeness (QED) is 0.0195. The van der Waals surface area contributed by atoms with Gasteiger partial charge in [0.1, 0.15) is 13.2 Å².